The molecule has 6 nitrogen and oxygen atoms in total. The molecule has 114 valence electrons. The number of azo groups is 1. The molecule has 0 aliphatic heterocycles. The second kappa shape index (κ2) is 7.13. The van der Waals surface area contributed by atoms with Crippen molar-refractivity contribution < 1.29 is 0 Å². The third kappa shape index (κ3) is 4.45. The van der Waals surface area contributed by atoms with Gasteiger partial charge in [-0.15, -0.1) is 0 Å². The number of nitrogens with zero attached hydrogens (tertiary/aromatic N) is 5. The lowest BCUT2D eigenvalue weighted by atomic mass is 10.3. The summed E-state index contributed by atoms with van der Waals surface area (Å²) >= 11 is 11.5. The lowest BCUT2D eigenvalue weighted by molar-refractivity contribution is 1.05. The van der Waals surface area contributed by atoms with Crippen LogP contribution in [0.5, 0.6) is 0 Å². The predicted octanol–water partition coefficient (Wildman–Crippen LogP) is 5.34. The largest absolute Gasteiger partial charge is 0.324 e. The van der Waals surface area contributed by atoms with Crippen molar-refractivity contribution in [3.63, 3.8) is 0 Å². The molecule has 0 amide bonds. The van der Waals surface area contributed by atoms with Crippen LogP contribution in [-0.2, 0) is 0 Å². The molecule has 2 aromatic carbocycles. The Balaban J connectivity index is 1.71. The SMILES string of the molecule is Clc1nc(Cl)nc(Nc2ccc(/N=N/c3ccccc3)cc2)n1. The summed E-state index contributed by atoms with van der Waals surface area (Å²) in [6.45, 7) is 0. The second-order valence-electron chi connectivity index (χ2n) is 4.40. The Bertz CT molecular complexity index is 801. The van der Waals surface area contributed by atoms with Crippen molar-refractivity contribution in [2.24, 2.45) is 10.2 Å². The number of hydrogen-bond acceptors (Lipinski definition) is 6. The van der Waals surface area contributed by atoms with E-state index in [1.54, 1.807) is 0 Å². The summed E-state index contributed by atoms with van der Waals surface area (Å²) in [6.07, 6.45) is 0. The van der Waals surface area contributed by atoms with E-state index in [0.717, 1.165) is 17.1 Å². The molecular weight excluding hydrogens is 335 g/mol. The summed E-state index contributed by atoms with van der Waals surface area (Å²) in [5.74, 6) is 0.272. The number of aromatic nitrogens is 3. The number of halogens is 2. The topological polar surface area (TPSA) is 75.4 Å². The Morgan fingerprint density at radius 2 is 1.26 bits per heavy atom. The van der Waals surface area contributed by atoms with Crippen molar-refractivity contribution in [1.82, 2.24) is 15.0 Å². The van der Waals surface area contributed by atoms with Gasteiger partial charge in [0, 0.05) is 5.69 Å². The Morgan fingerprint density at radius 1 is 0.696 bits per heavy atom. The normalized spacial score (nSPS) is 10.9. The number of rotatable bonds is 4. The molecule has 0 spiro atoms. The molecule has 23 heavy (non-hydrogen) atoms. The van der Waals surface area contributed by atoms with E-state index in [4.69, 9.17) is 23.2 Å². The molecule has 8 heteroatoms. The van der Waals surface area contributed by atoms with Gasteiger partial charge >= 0.3 is 0 Å². The van der Waals surface area contributed by atoms with Crippen LogP contribution in [0.15, 0.2) is 64.8 Å². The van der Waals surface area contributed by atoms with E-state index in [9.17, 15) is 0 Å². The molecule has 1 heterocycles. The highest BCUT2D eigenvalue weighted by molar-refractivity contribution is 6.31. The fourth-order valence-electron chi connectivity index (χ4n) is 1.73. The minimum absolute atomic E-state index is 0.0285. The van der Waals surface area contributed by atoms with Crippen LogP contribution in [-0.4, -0.2) is 15.0 Å². The molecule has 3 aromatic rings. The molecular formula is C15H10Cl2N6. The van der Waals surface area contributed by atoms with E-state index < -0.39 is 0 Å². The van der Waals surface area contributed by atoms with Gasteiger partial charge in [-0.2, -0.15) is 25.2 Å². The summed E-state index contributed by atoms with van der Waals surface area (Å²) in [5.41, 5.74) is 2.29. The quantitative estimate of drug-likeness (QED) is 0.648. The molecule has 0 aliphatic carbocycles. The Hall–Kier alpha value is -2.57. The second-order valence-corrected chi connectivity index (χ2v) is 5.08. The maximum Gasteiger partial charge on any atom is 0.232 e. The average molecular weight is 345 g/mol. The van der Waals surface area contributed by atoms with Crippen LogP contribution in [0.25, 0.3) is 0 Å². The Kier molecular flexibility index (Phi) is 4.75. The molecule has 1 N–H and O–H groups in total. The van der Waals surface area contributed by atoms with Crippen LogP contribution in [0.3, 0.4) is 0 Å². The highest BCUT2D eigenvalue weighted by Crippen LogP contribution is 2.22. The fraction of sp³-hybridized carbons (Fsp3) is 0. The molecule has 0 atom stereocenters. The molecule has 0 fully saturated rings. The van der Waals surface area contributed by atoms with Crippen LogP contribution in [0.4, 0.5) is 23.0 Å². The van der Waals surface area contributed by atoms with E-state index in [1.165, 1.54) is 0 Å². The van der Waals surface area contributed by atoms with Crippen molar-refractivity contribution in [2.45, 2.75) is 0 Å². The van der Waals surface area contributed by atoms with Crippen LogP contribution in [0.2, 0.25) is 10.6 Å². The first-order chi connectivity index (χ1) is 11.2. The molecule has 3 rings (SSSR count). The molecule has 1 aromatic heterocycles. The third-order valence-electron chi connectivity index (χ3n) is 2.74. The van der Waals surface area contributed by atoms with Crippen molar-refractivity contribution in [1.29, 1.82) is 0 Å². The summed E-state index contributed by atoms with van der Waals surface area (Å²) in [5, 5.41) is 11.4. The zero-order valence-corrected chi connectivity index (χ0v) is 13.2. The van der Waals surface area contributed by atoms with Gasteiger partial charge in [0.25, 0.3) is 0 Å². The van der Waals surface area contributed by atoms with Crippen molar-refractivity contribution >= 4 is 46.2 Å². The van der Waals surface area contributed by atoms with Gasteiger partial charge < -0.3 is 5.32 Å². The first kappa shape index (κ1) is 15.3. The van der Waals surface area contributed by atoms with E-state index in [2.05, 4.69) is 30.5 Å². The lowest BCUT2D eigenvalue weighted by Crippen LogP contribution is -1.99. The summed E-state index contributed by atoms with van der Waals surface area (Å²) in [4.78, 5) is 11.6. The van der Waals surface area contributed by atoms with Gasteiger partial charge in [0.05, 0.1) is 11.4 Å². The van der Waals surface area contributed by atoms with E-state index in [1.807, 2.05) is 54.6 Å². The lowest BCUT2D eigenvalue weighted by Gasteiger charge is -2.04. The van der Waals surface area contributed by atoms with Gasteiger partial charge in [0.15, 0.2) is 0 Å². The van der Waals surface area contributed by atoms with Gasteiger partial charge in [-0.3, -0.25) is 0 Å². The van der Waals surface area contributed by atoms with Crippen molar-refractivity contribution in [2.75, 3.05) is 5.32 Å². The monoisotopic (exact) mass is 344 g/mol. The maximum atomic E-state index is 5.73. The van der Waals surface area contributed by atoms with Gasteiger partial charge in [-0.25, -0.2) is 0 Å². The Morgan fingerprint density at radius 3 is 1.87 bits per heavy atom. The van der Waals surface area contributed by atoms with Gasteiger partial charge in [-0.05, 0) is 59.6 Å². The standard InChI is InChI=1S/C15H10Cl2N6/c16-13-19-14(17)21-15(20-13)18-10-6-8-12(9-7-10)23-22-11-4-2-1-3-5-11/h1-9H,(H,18,19,20,21)/b23-22+. The van der Waals surface area contributed by atoms with E-state index >= 15 is 0 Å². The van der Waals surface area contributed by atoms with E-state index in [-0.39, 0.29) is 16.5 Å². The van der Waals surface area contributed by atoms with Crippen molar-refractivity contribution in [3.8, 4) is 0 Å². The Labute approximate surface area is 142 Å². The summed E-state index contributed by atoms with van der Waals surface area (Å²) in [7, 11) is 0. The molecule has 0 saturated heterocycles. The zero-order chi connectivity index (χ0) is 16.1. The van der Waals surface area contributed by atoms with E-state index in [0.29, 0.717) is 0 Å². The number of benzene rings is 2. The first-order valence-corrected chi connectivity index (χ1v) is 7.35. The minimum Gasteiger partial charge on any atom is -0.324 e. The smallest absolute Gasteiger partial charge is 0.232 e. The predicted molar refractivity (Wildman–Crippen MR) is 90.2 cm³/mol. The fourth-order valence-corrected chi connectivity index (χ4v) is 2.10. The minimum atomic E-state index is 0.0285. The van der Waals surface area contributed by atoms with Gasteiger partial charge in [0.1, 0.15) is 0 Å². The highest BCUT2D eigenvalue weighted by Gasteiger charge is 2.03. The molecule has 0 saturated carbocycles. The molecule has 0 bridgehead atoms. The number of nitrogens with one attached hydrogen (secondary N) is 1. The maximum absolute atomic E-state index is 5.73. The average Bonchev–Trinajstić information content (AvgIpc) is 2.54. The number of hydrogen-bond donors (Lipinski definition) is 1. The molecule has 0 aliphatic rings. The zero-order valence-electron chi connectivity index (χ0n) is 11.7. The van der Waals surface area contributed by atoms with Gasteiger partial charge in [-0.1, -0.05) is 18.2 Å². The highest BCUT2D eigenvalue weighted by atomic mass is 35.5. The van der Waals surface area contributed by atoms with Crippen molar-refractivity contribution in [3.05, 3.63) is 65.2 Å². The van der Waals surface area contributed by atoms with Gasteiger partial charge in [0.2, 0.25) is 16.5 Å². The molecule has 0 radical (unpaired) electrons. The third-order valence-corrected chi connectivity index (χ3v) is 3.08. The number of anilines is 2. The molecule has 0 unspecified atom stereocenters. The first-order valence-electron chi connectivity index (χ1n) is 6.60. The summed E-state index contributed by atoms with van der Waals surface area (Å²) in [6, 6.07) is 16.8. The summed E-state index contributed by atoms with van der Waals surface area (Å²) < 4.78 is 0. The van der Waals surface area contributed by atoms with Crippen LogP contribution >= 0.6 is 23.2 Å². The van der Waals surface area contributed by atoms with Crippen LogP contribution < -0.4 is 5.32 Å². The van der Waals surface area contributed by atoms with Crippen LogP contribution in [0, 0.1) is 0 Å². The van der Waals surface area contributed by atoms with Crippen LogP contribution in [0.1, 0.15) is 0 Å².